The lowest BCUT2D eigenvalue weighted by atomic mass is 10.0. The Bertz CT molecular complexity index is 771. The Labute approximate surface area is 137 Å². The number of anilines is 1. The molecule has 2 heterocycles. The smallest absolute Gasteiger partial charge is 0.415 e. The summed E-state index contributed by atoms with van der Waals surface area (Å²) in [6.07, 6.45) is -0.355. The van der Waals surface area contributed by atoms with Crippen LogP contribution in [-0.4, -0.2) is 43.0 Å². The van der Waals surface area contributed by atoms with E-state index < -0.39 is 12.2 Å². The van der Waals surface area contributed by atoms with Crippen LogP contribution in [0.2, 0.25) is 0 Å². The van der Waals surface area contributed by atoms with Gasteiger partial charge in [-0.15, -0.1) is 0 Å². The van der Waals surface area contributed by atoms with E-state index in [1.165, 1.54) is 6.92 Å². The van der Waals surface area contributed by atoms with Crippen molar-refractivity contribution in [2.24, 2.45) is 5.11 Å². The van der Waals surface area contributed by atoms with Gasteiger partial charge in [0.1, 0.15) is 6.10 Å². The van der Waals surface area contributed by atoms with Gasteiger partial charge in [0.2, 0.25) is 5.91 Å². The van der Waals surface area contributed by atoms with E-state index in [0.29, 0.717) is 17.7 Å². The summed E-state index contributed by atoms with van der Waals surface area (Å²) in [5.74, 6) is -0.467. The Morgan fingerprint density at radius 3 is 3.00 bits per heavy atom. The molecular weight excluding hydrogens is 314 g/mol. The number of hydrogen-bond acceptors (Lipinski definition) is 5. The van der Waals surface area contributed by atoms with Gasteiger partial charge in [-0.1, -0.05) is 5.11 Å². The van der Waals surface area contributed by atoms with Gasteiger partial charge >= 0.3 is 6.09 Å². The van der Waals surface area contributed by atoms with Crippen molar-refractivity contribution in [1.82, 2.24) is 5.32 Å². The number of hydrogen-bond donors (Lipinski definition) is 1. The molecule has 1 N–H and O–H groups in total. The van der Waals surface area contributed by atoms with Crippen LogP contribution in [0.3, 0.4) is 0 Å². The summed E-state index contributed by atoms with van der Waals surface area (Å²) in [7, 11) is 0. The lowest BCUT2D eigenvalue weighted by molar-refractivity contribution is -0.119. The Balaban J connectivity index is 1.81. The normalized spacial score (nSPS) is 20.7. The van der Waals surface area contributed by atoms with Gasteiger partial charge in [-0.3, -0.25) is 14.5 Å². The molecule has 24 heavy (non-hydrogen) atoms. The number of carbonyl (C=O) groups is 3. The first kappa shape index (κ1) is 15.8. The highest BCUT2D eigenvalue weighted by Crippen LogP contribution is 2.39. The number of cyclic esters (lactones) is 1. The van der Waals surface area contributed by atoms with E-state index in [4.69, 9.17) is 10.3 Å². The third-order valence-corrected chi connectivity index (χ3v) is 4.13. The standard InChI is InChI=1S/C15H15N5O4/c1-8(21)17-7-14-12-5-10-4-9(13(22)6-18-19-16)2-3-11(10)20(12)15(23)24-14/h2-4,12,14H,5-7H2,1H3,(H,17,21)/t12-,14-/m1/s1. The second kappa shape index (κ2) is 6.21. The van der Waals surface area contributed by atoms with E-state index >= 15 is 0 Å². The minimum absolute atomic E-state index is 0.189. The van der Waals surface area contributed by atoms with Gasteiger partial charge in [-0.2, -0.15) is 0 Å². The Morgan fingerprint density at radius 1 is 1.50 bits per heavy atom. The zero-order valence-corrected chi connectivity index (χ0v) is 12.9. The molecule has 1 aromatic rings. The number of benzene rings is 1. The number of Topliss-reactive ketones (excluding diaryl/α,β-unsaturated/α-hetero) is 1. The molecule has 1 aromatic carbocycles. The van der Waals surface area contributed by atoms with Crippen molar-refractivity contribution in [1.29, 1.82) is 0 Å². The number of nitrogens with one attached hydrogen (secondary N) is 1. The Kier molecular flexibility index (Phi) is 4.09. The molecule has 9 nitrogen and oxygen atoms in total. The predicted molar refractivity (Wildman–Crippen MR) is 83.7 cm³/mol. The molecule has 0 unspecified atom stereocenters. The third kappa shape index (κ3) is 2.77. The van der Waals surface area contributed by atoms with Gasteiger partial charge in [0.25, 0.3) is 0 Å². The molecule has 0 aliphatic carbocycles. The summed E-state index contributed by atoms with van der Waals surface area (Å²) >= 11 is 0. The first-order chi connectivity index (χ1) is 11.5. The fourth-order valence-electron chi connectivity index (χ4n) is 3.06. The van der Waals surface area contributed by atoms with Crippen LogP contribution >= 0.6 is 0 Å². The summed E-state index contributed by atoms with van der Waals surface area (Å²) in [6, 6.07) is 4.80. The summed E-state index contributed by atoms with van der Waals surface area (Å²) in [6.45, 7) is 1.41. The molecule has 2 amide bonds. The summed E-state index contributed by atoms with van der Waals surface area (Å²) in [4.78, 5) is 39.2. The zero-order chi connectivity index (χ0) is 17.3. The highest BCUT2D eigenvalue weighted by atomic mass is 16.6. The molecule has 2 atom stereocenters. The van der Waals surface area contributed by atoms with E-state index in [2.05, 4.69) is 15.3 Å². The number of rotatable bonds is 5. The van der Waals surface area contributed by atoms with Crippen LogP contribution in [0, 0.1) is 0 Å². The van der Waals surface area contributed by atoms with E-state index in [9.17, 15) is 14.4 Å². The van der Waals surface area contributed by atoms with Crippen molar-refractivity contribution in [3.8, 4) is 0 Å². The number of ether oxygens (including phenoxy) is 1. The van der Waals surface area contributed by atoms with Gasteiger partial charge in [0.05, 0.1) is 24.8 Å². The molecular formula is C15H15N5O4. The first-order valence-corrected chi connectivity index (χ1v) is 7.42. The van der Waals surface area contributed by atoms with Crippen LogP contribution < -0.4 is 10.2 Å². The predicted octanol–water partition coefficient (Wildman–Crippen LogP) is 1.57. The van der Waals surface area contributed by atoms with Crippen molar-refractivity contribution >= 4 is 23.5 Å². The lowest BCUT2D eigenvalue weighted by Gasteiger charge is -2.16. The first-order valence-electron chi connectivity index (χ1n) is 7.42. The zero-order valence-electron chi connectivity index (χ0n) is 12.9. The van der Waals surface area contributed by atoms with Gasteiger partial charge in [0.15, 0.2) is 5.78 Å². The van der Waals surface area contributed by atoms with Crippen molar-refractivity contribution in [2.45, 2.75) is 25.5 Å². The molecule has 0 aromatic heterocycles. The molecule has 0 bridgehead atoms. The molecule has 0 saturated carbocycles. The van der Waals surface area contributed by atoms with E-state index in [1.54, 1.807) is 23.1 Å². The van der Waals surface area contributed by atoms with Crippen LogP contribution in [-0.2, 0) is 16.0 Å². The van der Waals surface area contributed by atoms with Crippen LogP contribution in [0.25, 0.3) is 10.4 Å². The maximum atomic E-state index is 12.1. The highest BCUT2D eigenvalue weighted by molar-refractivity contribution is 6.00. The van der Waals surface area contributed by atoms with Crippen LogP contribution in [0.5, 0.6) is 0 Å². The molecule has 1 saturated heterocycles. The van der Waals surface area contributed by atoms with Crippen LogP contribution in [0.1, 0.15) is 22.8 Å². The quantitative estimate of drug-likeness (QED) is 0.381. The minimum Gasteiger partial charge on any atom is -0.442 e. The Hall–Kier alpha value is -3.06. The van der Waals surface area contributed by atoms with E-state index in [-0.39, 0.29) is 30.8 Å². The summed E-state index contributed by atoms with van der Waals surface area (Å²) in [5, 5.41) is 5.93. The molecule has 0 spiro atoms. The van der Waals surface area contributed by atoms with Gasteiger partial charge < -0.3 is 10.1 Å². The number of amides is 2. The topological polar surface area (TPSA) is 124 Å². The molecule has 2 aliphatic rings. The van der Waals surface area contributed by atoms with E-state index in [0.717, 1.165) is 5.56 Å². The minimum atomic E-state index is -0.456. The molecule has 1 fully saturated rings. The number of fused-ring (bicyclic) bond motifs is 3. The van der Waals surface area contributed by atoms with Gasteiger partial charge in [-0.05, 0) is 35.7 Å². The molecule has 3 rings (SSSR count). The van der Waals surface area contributed by atoms with Crippen LogP contribution in [0.15, 0.2) is 23.3 Å². The molecule has 2 aliphatic heterocycles. The second-order valence-electron chi connectivity index (χ2n) is 5.66. The number of azide groups is 1. The number of ketones is 1. The fourth-order valence-corrected chi connectivity index (χ4v) is 3.06. The highest BCUT2D eigenvalue weighted by Gasteiger charge is 2.47. The maximum absolute atomic E-state index is 12.1. The van der Waals surface area contributed by atoms with Crippen LogP contribution in [0.4, 0.5) is 10.5 Å². The largest absolute Gasteiger partial charge is 0.442 e. The Morgan fingerprint density at radius 2 is 2.29 bits per heavy atom. The van der Waals surface area contributed by atoms with Crippen molar-refractivity contribution in [3.05, 3.63) is 39.8 Å². The average molecular weight is 329 g/mol. The lowest BCUT2D eigenvalue weighted by Crippen LogP contribution is -2.40. The van der Waals surface area contributed by atoms with Crippen molar-refractivity contribution < 1.29 is 19.1 Å². The van der Waals surface area contributed by atoms with Crippen molar-refractivity contribution in [3.63, 3.8) is 0 Å². The monoisotopic (exact) mass is 329 g/mol. The summed E-state index contributed by atoms with van der Waals surface area (Å²) in [5.41, 5.74) is 10.3. The number of nitrogens with zero attached hydrogens (tertiary/aromatic N) is 4. The SMILES string of the molecule is CC(=O)NC[C@H]1OC(=O)N2c3ccc(C(=O)CN=[N+]=[N-])cc3C[C@H]12. The molecule has 9 heteroatoms. The van der Waals surface area contributed by atoms with Crippen molar-refractivity contribution in [2.75, 3.05) is 18.0 Å². The van der Waals surface area contributed by atoms with E-state index in [1.807, 2.05) is 0 Å². The third-order valence-electron chi connectivity index (χ3n) is 4.13. The van der Waals surface area contributed by atoms with Gasteiger partial charge in [0, 0.05) is 17.4 Å². The molecule has 124 valence electrons. The average Bonchev–Trinajstić information content (AvgIpc) is 3.07. The molecule has 0 radical (unpaired) electrons. The maximum Gasteiger partial charge on any atom is 0.415 e. The second-order valence-corrected chi connectivity index (χ2v) is 5.66. The van der Waals surface area contributed by atoms with Gasteiger partial charge in [-0.25, -0.2) is 4.79 Å². The fraction of sp³-hybridized carbons (Fsp3) is 0.400. The summed E-state index contributed by atoms with van der Waals surface area (Å²) < 4.78 is 5.32. The number of carbonyl (C=O) groups excluding carboxylic acids is 3.